The molecular formula is C15H25F3N2O. The number of nitrogens with zero attached hydrogens (tertiary/aromatic N) is 1. The van der Waals surface area contributed by atoms with Crippen LogP contribution in [0.5, 0.6) is 0 Å². The van der Waals surface area contributed by atoms with Crippen molar-refractivity contribution in [3.8, 4) is 0 Å². The molecule has 21 heavy (non-hydrogen) atoms. The van der Waals surface area contributed by atoms with Gasteiger partial charge >= 0.3 is 6.18 Å². The number of carbonyl (C=O) groups is 1. The number of likely N-dealkylation sites (tertiary alicyclic amines) is 1. The molecule has 1 aliphatic heterocycles. The van der Waals surface area contributed by atoms with Gasteiger partial charge in [-0.2, -0.15) is 13.2 Å². The number of carbonyl (C=O) groups excluding carboxylic acids is 1. The Hall–Kier alpha value is -0.780. The Morgan fingerprint density at radius 1 is 1.24 bits per heavy atom. The van der Waals surface area contributed by atoms with E-state index >= 15 is 0 Å². The lowest BCUT2D eigenvalue weighted by Crippen LogP contribution is -2.52. The van der Waals surface area contributed by atoms with Gasteiger partial charge in [-0.15, -0.1) is 0 Å². The molecule has 2 rings (SSSR count). The number of piperidine rings is 1. The molecule has 0 radical (unpaired) electrons. The van der Waals surface area contributed by atoms with E-state index in [0.29, 0.717) is 25.9 Å². The van der Waals surface area contributed by atoms with Crippen molar-refractivity contribution in [3.05, 3.63) is 0 Å². The summed E-state index contributed by atoms with van der Waals surface area (Å²) in [5, 5.41) is 3.26. The normalized spacial score (nSPS) is 30.2. The van der Waals surface area contributed by atoms with E-state index in [4.69, 9.17) is 0 Å². The Labute approximate surface area is 124 Å². The van der Waals surface area contributed by atoms with Crippen LogP contribution in [-0.4, -0.2) is 42.7 Å². The molecule has 1 amide bonds. The smallest absolute Gasteiger partial charge is 0.342 e. The highest BCUT2D eigenvalue weighted by molar-refractivity contribution is 5.79. The first kappa shape index (κ1) is 16.6. The van der Waals surface area contributed by atoms with Crippen LogP contribution >= 0.6 is 0 Å². The molecule has 6 heteroatoms. The largest absolute Gasteiger partial charge is 0.391 e. The molecular weight excluding hydrogens is 281 g/mol. The topological polar surface area (TPSA) is 32.3 Å². The second-order valence-electron chi connectivity index (χ2n) is 6.74. The molecule has 0 aromatic rings. The second kappa shape index (κ2) is 6.15. The Balaban J connectivity index is 1.92. The van der Waals surface area contributed by atoms with Gasteiger partial charge in [0.05, 0.1) is 5.92 Å². The van der Waals surface area contributed by atoms with E-state index in [1.54, 1.807) is 4.90 Å². The maximum Gasteiger partial charge on any atom is 0.391 e. The van der Waals surface area contributed by atoms with E-state index < -0.39 is 18.0 Å². The summed E-state index contributed by atoms with van der Waals surface area (Å²) >= 11 is 0. The SMILES string of the molecule is CNC1(C)CCN(C(=O)C2CCCC(C(F)(F)F)C2)CC1. The van der Waals surface area contributed by atoms with Crippen molar-refractivity contribution in [3.63, 3.8) is 0 Å². The Morgan fingerprint density at radius 3 is 2.38 bits per heavy atom. The minimum atomic E-state index is -4.16. The van der Waals surface area contributed by atoms with Gasteiger partial charge in [0.25, 0.3) is 0 Å². The third-order valence-electron chi connectivity index (χ3n) is 5.27. The Kier molecular flexibility index (Phi) is 4.85. The lowest BCUT2D eigenvalue weighted by Gasteiger charge is -2.41. The zero-order valence-corrected chi connectivity index (χ0v) is 12.8. The van der Waals surface area contributed by atoms with Gasteiger partial charge in [-0.05, 0) is 46.1 Å². The third-order valence-corrected chi connectivity index (χ3v) is 5.27. The molecule has 1 saturated heterocycles. The molecule has 2 atom stereocenters. The zero-order chi connectivity index (χ0) is 15.7. The van der Waals surface area contributed by atoms with Crippen molar-refractivity contribution < 1.29 is 18.0 Å². The number of halogens is 3. The molecule has 0 aromatic carbocycles. The average Bonchev–Trinajstić information content (AvgIpc) is 2.47. The van der Waals surface area contributed by atoms with Gasteiger partial charge in [0.1, 0.15) is 0 Å². The average molecular weight is 306 g/mol. The van der Waals surface area contributed by atoms with Crippen molar-refractivity contribution >= 4 is 5.91 Å². The quantitative estimate of drug-likeness (QED) is 0.851. The van der Waals surface area contributed by atoms with Crippen molar-refractivity contribution in [2.24, 2.45) is 11.8 Å². The fraction of sp³-hybridized carbons (Fsp3) is 0.933. The summed E-state index contributed by atoms with van der Waals surface area (Å²) < 4.78 is 38.5. The second-order valence-corrected chi connectivity index (χ2v) is 6.74. The molecule has 2 unspecified atom stereocenters. The lowest BCUT2D eigenvalue weighted by atomic mass is 9.79. The van der Waals surface area contributed by atoms with E-state index in [9.17, 15) is 18.0 Å². The van der Waals surface area contributed by atoms with Crippen LogP contribution in [0.3, 0.4) is 0 Å². The fourth-order valence-corrected chi connectivity index (χ4v) is 3.44. The van der Waals surface area contributed by atoms with Crippen LogP contribution in [0.15, 0.2) is 0 Å². The highest BCUT2D eigenvalue weighted by atomic mass is 19.4. The van der Waals surface area contributed by atoms with Crippen LogP contribution in [0.25, 0.3) is 0 Å². The molecule has 3 nitrogen and oxygen atoms in total. The number of hydrogen-bond acceptors (Lipinski definition) is 2. The summed E-state index contributed by atoms with van der Waals surface area (Å²) in [7, 11) is 1.91. The molecule has 0 bridgehead atoms. The molecule has 1 heterocycles. The third kappa shape index (κ3) is 3.90. The van der Waals surface area contributed by atoms with E-state index in [0.717, 1.165) is 12.8 Å². The summed E-state index contributed by atoms with van der Waals surface area (Å²) in [6.07, 6.45) is -1.21. The van der Waals surface area contributed by atoms with E-state index in [2.05, 4.69) is 12.2 Å². The monoisotopic (exact) mass is 306 g/mol. The molecule has 1 saturated carbocycles. The predicted octanol–water partition coefficient (Wildman–Crippen LogP) is 2.96. The summed E-state index contributed by atoms with van der Waals surface area (Å²) in [6, 6.07) is 0. The number of hydrogen-bond donors (Lipinski definition) is 1. The van der Waals surface area contributed by atoms with Crippen molar-refractivity contribution in [2.75, 3.05) is 20.1 Å². The summed E-state index contributed by atoms with van der Waals surface area (Å²) in [5.74, 6) is -1.81. The molecule has 122 valence electrons. The van der Waals surface area contributed by atoms with Crippen molar-refractivity contribution in [1.29, 1.82) is 0 Å². The van der Waals surface area contributed by atoms with E-state index in [1.807, 2.05) is 7.05 Å². The van der Waals surface area contributed by atoms with Gasteiger partial charge in [0.15, 0.2) is 0 Å². The maximum atomic E-state index is 12.8. The number of rotatable bonds is 2. The summed E-state index contributed by atoms with van der Waals surface area (Å²) in [4.78, 5) is 14.2. The molecule has 1 N–H and O–H groups in total. The first-order valence-corrected chi connectivity index (χ1v) is 7.79. The van der Waals surface area contributed by atoms with Gasteiger partial charge < -0.3 is 10.2 Å². The highest BCUT2D eigenvalue weighted by Gasteiger charge is 2.44. The van der Waals surface area contributed by atoms with E-state index in [-0.39, 0.29) is 24.3 Å². The number of amides is 1. The maximum absolute atomic E-state index is 12.8. The molecule has 1 aliphatic carbocycles. The Morgan fingerprint density at radius 2 is 1.86 bits per heavy atom. The fourth-order valence-electron chi connectivity index (χ4n) is 3.44. The first-order valence-electron chi connectivity index (χ1n) is 7.79. The lowest BCUT2D eigenvalue weighted by molar-refractivity contribution is -0.187. The highest BCUT2D eigenvalue weighted by Crippen LogP contribution is 2.40. The van der Waals surface area contributed by atoms with Gasteiger partial charge in [0, 0.05) is 24.5 Å². The zero-order valence-electron chi connectivity index (χ0n) is 12.8. The van der Waals surface area contributed by atoms with Crippen LogP contribution < -0.4 is 5.32 Å². The van der Waals surface area contributed by atoms with Gasteiger partial charge in [-0.25, -0.2) is 0 Å². The van der Waals surface area contributed by atoms with Gasteiger partial charge in [0.2, 0.25) is 5.91 Å². The van der Waals surface area contributed by atoms with Crippen LogP contribution in [0, 0.1) is 11.8 Å². The summed E-state index contributed by atoms with van der Waals surface area (Å²) in [5.41, 5.74) is 0.0395. The van der Waals surface area contributed by atoms with E-state index in [1.165, 1.54) is 0 Å². The van der Waals surface area contributed by atoms with Crippen LogP contribution in [0.2, 0.25) is 0 Å². The predicted molar refractivity (Wildman–Crippen MR) is 74.8 cm³/mol. The Bertz CT molecular complexity index is 376. The van der Waals surface area contributed by atoms with Gasteiger partial charge in [-0.3, -0.25) is 4.79 Å². The molecule has 2 aliphatic rings. The molecule has 2 fully saturated rings. The molecule has 0 spiro atoms. The van der Waals surface area contributed by atoms with Crippen molar-refractivity contribution in [2.45, 2.75) is 57.2 Å². The van der Waals surface area contributed by atoms with Crippen LogP contribution in [0.4, 0.5) is 13.2 Å². The number of alkyl halides is 3. The van der Waals surface area contributed by atoms with Gasteiger partial charge in [-0.1, -0.05) is 6.42 Å². The minimum Gasteiger partial charge on any atom is -0.342 e. The standard InChI is InChI=1S/C15H25F3N2O/c1-14(19-2)6-8-20(9-7-14)13(21)11-4-3-5-12(10-11)15(16,17)18/h11-12,19H,3-10H2,1-2H3. The number of nitrogens with one attached hydrogen (secondary N) is 1. The first-order chi connectivity index (χ1) is 9.75. The van der Waals surface area contributed by atoms with Crippen LogP contribution in [-0.2, 0) is 4.79 Å². The van der Waals surface area contributed by atoms with Crippen LogP contribution in [0.1, 0.15) is 45.4 Å². The summed E-state index contributed by atoms with van der Waals surface area (Å²) in [6.45, 7) is 3.40. The van der Waals surface area contributed by atoms with Crippen molar-refractivity contribution in [1.82, 2.24) is 10.2 Å². The molecule has 0 aromatic heterocycles. The minimum absolute atomic E-state index is 0.0257.